The molecule has 1 heterocycles. The summed E-state index contributed by atoms with van der Waals surface area (Å²) in [5.74, 6) is -1.89. The fourth-order valence-corrected chi connectivity index (χ4v) is 3.02. The van der Waals surface area contributed by atoms with Crippen LogP contribution < -0.4 is 10.6 Å². The first-order chi connectivity index (χ1) is 11.3. The van der Waals surface area contributed by atoms with Gasteiger partial charge in [-0.05, 0) is 50.5 Å². The standard InChI is InChI=1S/C17H20FN3O2S/c1-5-17(4,16-19-6-7-24-16)21-15(23)14(22)20-13-9-10(2)12(18)8-11(13)3/h6-9H,5H2,1-4H3,(H,20,22)(H,21,23)/t17-/m1/s1. The SMILES string of the molecule is CC[C@@](C)(NC(=O)C(=O)Nc1cc(C)c(F)cc1C)c1nccs1. The van der Waals surface area contributed by atoms with Crippen LogP contribution in [0.1, 0.15) is 36.4 Å². The molecule has 1 atom stereocenters. The van der Waals surface area contributed by atoms with E-state index in [1.165, 1.54) is 23.5 Å². The highest BCUT2D eigenvalue weighted by Gasteiger charge is 2.31. The molecule has 2 aromatic rings. The number of hydrogen-bond acceptors (Lipinski definition) is 4. The van der Waals surface area contributed by atoms with Crippen molar-refractivity contribution >= 4 is 28.8 Å². The van der Waals surface area contributed by atoms with Crippen molar-refractivity contribution in [1.82, 2.24) is 10.3 Å². The lowest BCUT2D eigenvalue weighted by Gasteiger charge is -2.27. The largest absolute Gasteiger partial charge is 0.336 e. The Balaban J connectivity index is 2.13. The van der Waals surface area contributed by atoms with Gasteiger partial charge in [0.1, 0.15) is 10.8 Å². The number of thiazole rings is 1. The summed E-state index contributed by atoms with van der Waals surface area (Å²) in [5.41, 5.74) is 0.660. The Bertz CT molecular complexity index is 761. The van der Waals surface area contributed by atoms with Gasteiger partial charge in [0.05, 0.1) is 5.54 Å². The van der Waals surface area contributed by atoms with E-state index in [2.05, 4.69) is 15.6 Å². The number of aromatic nitrogens is 1. The molecule has 2 N–H and O–H groups in total. The maximum Gasteiger partial charge on any atom is 0.313 e. The van der Waals surface area contributed by atoms with E-state index in [0.717, 1.165) is 5.01 Å². The molecule has 0 spiro atoms. The van der Waals surface area contributed by atoms with Crippen LogP contribution in [0.2, 0.25) is 0 Å². The molecule has 24 heavy (non-hydrogen) atoms. The number of nitrogens with one attached hydrogen (secondary N) is 2. The first kappa shape index (κ1) is 18.1. The van der Waals surface area contributed by atoms with Gasteiger partial charge in [-0.3, -0.25) is 9.59 Å². The molecule has 0 aliphatic heterocycles. The van der Waals surface area contributed by atoms with Gasteiger partial charge in [0.2, 0.25) is 0 Å². The molecule has 2 amide bonds. The van der Waals surface area contributed by atoms with E-state index in [0.29, 0.717) is 23.2 Å². The zero-order chi connectivity index (χ0) is 17.9. The van der Waals surface area contributed by atoms with Crippen LogP contribution in [0.15, 0.2) is 23.7 Å². The van der Waals surface area contributed by atoms with Crippen LogP contribution in [0.3, 0.4) is 0 Å². The number of rotatable bonds is 4. The number of hydrogen-bond donors (Lipinski definition) is 2. The maximum atomic E-state index is 13.5. The molecule has 128 valence electrons. The van der Waals surface area contributed by atoms with Gasteiger partial charge in [-0.2, -0.15) is 0 Å². The Morgan fingerprint density at radius 2 is 1.96 bits per heavy atom. The summed E-state index contributed by atoms with van der Waals surface area (Å²) in [5, 5.41) is 7.82. The van der Waals surface area contributed by atoms with Gasteiger partial charge in [0.25, 0.3) is 0 Å². The molecular formula is C17H20FN3O2S. The predicted octanol–water partition coefficient (Wildman–Crippen LogP) is 3.28. The Morgan fingerprint density at radius 1 is 1.25 bits per heavy atom. The fraction of sp³-hybridized carbons (Fsp3) is 0.353. The molecule has 0 saturated heterocycles. The summed E-state index contributed by atoms with van der Waals surface area (Å²) in [6.45, 7) is 7.00. The molecule has 0 aliphatic rings. The lowest BCUT2D eigenvalue weighted by Crippen LogP contribution is -2.47. The first-order valence-electron chi connectivity index (χ1n) is 7.57. The van der Waals surface area contributed by atoms with Crippen molar-refractivity contribution in [2.45, 2.75) is 39.7 Å². The predicted molar refractivity (Wildman–Crippen MR) is 92.4 cm³/mol. The Morgan fingerprint density at radius 3 is 2.54 bits per heavy atom. The number of anilines is 1. The van der Waals surface area contributed by atoms with Crippen molar-refractivity contribution in [1.29, 1.82) is 0 Å². The molecule has 0 aliphatic carbocycles. The van der Waals surface area contributed by atoms with Crippen LogP contribution in [0.4, 0.5) is 10.1 Å². The van der Waals surface area contributed by atoms with Crippen molar-refractivity contribution in [2.75, 3.05) is 5.32 Å². The summed E-state index contributed by atoms with van der Waals surface area (Å²) in [6.07, 6.45) is 2.25. The highest BCUT2D eigenvalue weighted by molar-refractivity contribution is 7.09. The minimum atomic E-state index is -0.791. The van der Waals surface area contributed by atoms with E-state index in [1.807, 2.05) is 19.2 Å². The number of nitrogens with zero attached hydrogens (tertiary/aromatic N) is 1. The van der Waals surface area contributed by atoms with Crippen molar-refractivity contribution in [3.8, 4) is 0 Å². The number of aryl methyl sites for hydroxylation is 2. The van der Waals surface area contributed by atoms with Crippen LogP contribution in [0.5, 0.6) is 0 Å². The topological polar surface area (TPSA) is 71.1 Å². The monoisotopic (exact) mass is 349 g/mol. The molecule has 2 rings (SSSR count). The van der Waals surface area contributed by atoms with Gasteiger partial charge in [0, 0.05) is 17.3 Å². The van der Waals surface area contributed by atoms with Crippen molar-refractivity contribution in [3.63, 3.8) is 0 Å². The van der Waals surface area contributed by atoms with E-state index in [4.69, 9.17) is 0 Å². The normalized spacial score (nSPS) is 13.2. The smallest absolute Gasteiger partial charge is 0.313 e. The van der Waals surface area contributed by atoms with E-state index in [9.17, 15) is 14.0 Å². The number of benzene rings is 1. The fourth-order valence-electron chi connectivity index (χ4n) is 2.19. The quantitative estimate of drug-likeness (QED) is 0.832. The van der Waals surface area contributed by atoms with Crippen LogP contribution in [-0.2, 0) is 15.1 Å². The number of carbonyl (C=O) groups is 2. The van der Waals surface area contributed by atoms with Crippen LogP contribution >= 0.6 is 11.3 Å². The molecule has 0 radical (unpaired) electrons. The van der Waals surface area contributed by atoms with Crippen molar-refractivity contribution in [2.24, 2.45) is 0 Å². The van der Waals surface area contributed by atoms with Crippen LogP contribution in [0.25, 0.3) is 0 Å². The lowest BCUT2D eigenvalue weighted by atomic mass is 10.00. The summed E-state index contributed by atoms with van der Waals surface area (Å²) in [4.78, 5) is 28.7. The minimum absolute atomic E-state index is 0.350. The number of carbonyl (C=O) groups excluding carboxylic acids is 2. The van der Waals surface area contributed by atoms with Crippen molar-refractivity contribution in [3.05, 3.63) is 45.7 Å². The lowest BCUT2D eigenvalue weighted by molar-refractivity contribution is -0.137. The van der Waals surface area contributed by atoms with Gasteiger partial charge in [-0.1, -0.05) is 6.92 Å². The molecule has 0 bridgehead atoms. The van der Waals surface area contributed by atoms with E-state index >= 15 is 0 Å². The van der Waals surface area contributed by atoms with E-state index in [-0.39, 0.29) is 5.82 Å². The molecule has 7 heteroatoms. The molecule has 0 saturated carbocycles. The highest BCUT2D eigenvalue weighted by atomic mass is 32.1. The summed E-state index contributed by atoms with van der Waals surface area (Å²) >= 11 is 1.42. The Kier molecular flexibility index (Phi) is 5.33. The first-order valence-corrected chi connectivity index (χ1v) is 8.45. The number of amides is 2. The van der Waals surface area contributed by atoms with Crippen LogP contribution in [-0.4, -0.2) is 16.8 Å². The van der Waals surface area contributed by atoms with Crippen molar-refractivity contribution < 1.29 is 14.0 Å². The van der Waals surface area contributed by atoms with E-state index in [1.54, 1.807) is 20.0 Å². The van der Waals surface area contributed by atoms with E-state index < -0.39 is 17.4 Å². The average molecular weight is 349 g/mol. The molecule has 1 aromatic carbocycles. The number of halogens is 1. The zero-order valence-electron chi connectivity index (χ0n) is 14.1. The third kappa shape index (κ3) is 3.79. The molecule has 5 nitrogen and oxygen atoms in total. The maximum absolute atomic E-state index is 13.5. The van der Waals surface area contributed by atoms with Gasteiger partial charge >= 0.3 is 11.8 Å². The molecule has 1 aromatic heterocycles. The summed E-state index contributed by atoms with van der Waals surface area (Å²) in [6, 6.07) is 2.84. The zero-order valence-corrected chi connectivity index (χ0v) is 14.9. The second-order valence-corrected chi connectivity index (χ2v) is 6.74. The third-order valence-corrected chi connectivity index (χ3v) is 5.00. The van der Waals surface area contributed by atoms with Gasteiger partial charge < -0.3 is 10.6 Å². The summed E-state index contributed by atoms with van der Waals surface area (Å²) in [7, 11) is 0. The Labute approximate surface area is 144 Å². The Hall–Kier alpha value is -2.28. The molecule has 0 fully saturated rings. The average Bonchev–Trinajstić information content (AvgIpc) is 3.07. The third-order valence-electron chi connectivity index (χ3n) is 3.96. The summed E-state index contributed by atoms with van der Waals surface area (Å²) < 4.78 is 13.5. The van der Waals surface area contributed by atoms with Gasteiger partial charge in [-0.15, -0.1) is 11.3 Å². The van der Waals surface area contributed by atoms with Gasteiger partial charge in [-0.25, -0.2) is 9.37 Å². The molecular weight excluding hydrogens is 329 g/mol. The molecule has 0 unspecified atom stereocenters. The minimum Gasteiger partial charge on any atom is -0.336 e. The van der Waals surface area contributed by atoms with Gasteiger partial charge in [0.15, 0.2) is 0 Å². The van der Waals surface area contributed by atoms with Crippen LogP contribution in [0, 0.1) is 19.7 Å². The second kappa shape index (κ2) is 7.09. The highest BCUT2D eigenvalue weighted by Crippen LogP contribution is 2.26. The second-order valence-electron chi connectivity index (χ2n) is 5.85.